The normalized spacial score (nSPS) is 11.9. The summed E-state index contributed by atoms with van der Waals surface area (Å²) in [6, 6.07) is 6.03. The third-order valence-electron chi connectivity index (χ3n) is 3.49. The molecule has 140 valence electrons. The molecule has 0 unspecified atom stereocenters. The first-order chi connectivity index (χ1) is 12.4. The monoisotopic (exact) mass is 394 g/mol. The van der Waals surface area contributed by atoms with Crippen molar-refractivity contribution in [1.82, 2.24) is 15.5 Å². The van der Waals surface area contributed by atoms with E-state index in [-0.39, 0.29) is 17.7 Å². The lowest BCUT2D eigenvalue weighted by Gasteiger charge is -2.21. The summed E-state index contributed by atoms with van der Waals surface area (Å²) in [5.41, 5.74) is 0.460. The van der Waals surface area contributed by atoms with Crippen molar-refractivity contribution in [1.29, 1.82) is 0 Å². The third-order valence-corrected chi connectivity index (χ3v) is 5.35. The van der Waals surface area contributed by atoms with Gasteiger partial charge in [-0.05, 0) is 35.9 Å². The lowest BCUT2D eigenvalue weighted by atomic mass is 10.0. The molecule has 2 rings (SSSR count). The molecule has 0 fully saturated rings. The molecule has 0 aliphatic rings. The number of rotatable bonds is 8. The van der Waals surface area contributed by atoms with Gasteiger partial charge < -0.3 is 10.1 Å². The van der Waals surface area contributed by atoms with Crippen LogP contribution in [0.25, 0.3) is 0 Å². The number of hydrogen-bond acceptors (Lipinski definition) is 7. The summed E-state index contributed by atoms with van der Waals surface area (Å²) in [6.07, 6.45) is 0. The summed E-state index contributed by atoms with van der Waals surface area (Å²) in [5, 5.41) is 13.9. The van der Waals surface area contributed by atoms with Crippen molar-refractivity contribution >= 4 is 40.0 Å². The SMILES string of the molecule is CCSc1nnc(NC(=O)[C@@H](NC(=O)c2ccc(OC)cc2)C(C)C)s1. The van der Waals surface area contributed by atoms with E-state index in [1.807, 2.05) is 20.8 Å². The molecular weight excluding hydrogens is 372 g/mol. The molecule has 0 spiro atoms. The van der Waals surface area contributed by atoms with Gasteiger partial charge in [0.1, 0.15) is 11.8 Å². The zero-order valence-corrected chi connectivity index (χ0v) is 16.7. The van der Waals surface area contributed by atoms with E-state index in [4.69, 9.17) is 4.74 Å². The predicted octanol–water partition coefficient (Wildman–Crippen LogP) is 3.05. The minimum atomic E-state index is -0.684. The molecule has 0 radical (unpaired) electrons. The topological polar surface area (TPSA) is 93.2 Å². The van der Waals surface area contributed by atoms with Crippen molar-refractivity contribution in [2.75, 3.05) is 18.2 Å². The van der Waals surface area contributed by atoms with Crippen LogP contribution in [0.4, 0.5) is 5.13 Å². The van der Waals surface area contributed by atoms with E-state index in [0.29, 0.717) is 16.4 Å². The van der Waals surface area contributed by atoms with Crippen LogP contribution in [0.2, 0.25) is 0 Å². The van der Waals surface area contributed by atoms with Crippen molar-refractivity contribution in [3.63, 3.8) is 0 Å². The van der Waals surface area contributed by atoms with E-state index in [2.05, 4.69) is 20.8 Å². The molecule has 0 bridgehead atoms. The van der Waals surface area contributed by atoms with Crippen molar-refractivity contribution in [2.24, 2.45) is 5.92 Å². The summed E-state index contributed by atoms with van der Waals surface area (Å²) in [7, 11) is 1.56. The second kappa shape index (κ2) is 9.54. The molecule has 0 aliphatic carbocycles. The maximum atomic E-state index is 12.6. The minimum absolute atomic E-state index is 0.0883. The highest BCUT2D eigenvalue weighted by molar-refractivity contribution is 8.01. The standard InChI is InChI=1S/C17H22N4O3S2/c1-5-25-17-21-20-16(26-17)19-15(23)13(10(2)3)18-14(22)11-6-8-12(24-4)9-7-11/h6-10,13H,5H2,1-4H3,(H,18,22)(H,19,20,23)/t13-/m0/s1. The number of carbonyl (C=O) groups is 2. The number of nitrogens with zero attached hydrogens (tertiary/aromatic N) is 2. The van der Waals surface area contributed by atoms with Crippen molar-refractivity contribution in [3.8, 4) is 5.75 Å². The number of hydrogen-bond donors (Lipinski definition) is 2. The number of amides is 2. The highest BCUT2D eigenvalue weighted by Crippen LogP contribution is 2.25. The molecule has 7 nitrogen and oxygen atoms in total. The molecule has 26 heavy (non-hydrogen) atoms. The van der Waals surface area contributed by atoms with Gasteiger partial charge in [-0.2, -0.15) is 0 Å². The molecule has 0 saturated heterocycles. The molecule has 1 aromatic heterocycles. The van der Waals surface area contributed by atoms with E-state index in [9.17, 15) is 9.59 Å². The van der Waals surface area contributed by atoms with Gasteiger partial charge in [0.25, 0.3) is 5.91 Å². The Bertz CT molecular complexity index is 747. The number of benzene rings is 1. The number of methoxy groups -OCH3 is 1. The molecule has 2 N–H and O–H groups in total. The molecule has 0 saturated carbocycles. The Morgan fingerprint density at radius 2 is 1.92 bits per heavy atom. The maximum Gasteiger partial charge on any atom is 0.251 e. The van der Waals surface area contributed by atoms with Gasteiger partial charge in [-0.15, -0.1) is 10.2 Å². The Balaban J connectivity index is 2.03. The van der Waals surface area contributed by atoms with Crippen LogP contribution in [0.3, 0.4) is 0 Å². The maximum absolute atomic E-state index is 12.6. The van der Waals surface area contributed by atoms with Crippen LogP contribution in [-0.4, -0.2) is 40.9 Å². The van der Waals surface area contributed by atoms with Crippen LogP contribution in [0.15, 0.2) is 28.6 Å². The fourth-order valence-electron chi connectivity index (χ4n) is 2.13. The third kappa shape index (κ3) is 5.43. The van der Waals surface area contributed by atoms with Crippen LogP contribution >= 0.6 is 23.1 Å². The lowest BCUT2D eigenvalue weighted by Crippen LogP contribution is -2.47. The summed E-state index contributed by atoms with van der Waals surface area (Å²) in [5.74, 6) is 0.827. The Morgan fingerprint density at radius 1 is 1.23 bits per heavy atom. The molecular formula is C17H22N4O3S2. The number of anilines is 1. The van der Waals surface area contributed by atoms with Gasteiger partial charge in [0.15, 0.2) is 4.34 Å². The largest absolute Gasteiger partial charge is 0.497 e. The van der Waals surface area contributed by atoms with Crippen LogP contribution in [0.5, 0.6) is 5.75 Å². The van der Waals surface area contributed by atoms with Gasteiger partial charge >= 0.3 is 0 Å². The van der Waals surface area contributed by atoms with E-state index in [0.717, 1.165) is 10.1 Å². The van der Waals surface area contributed by atoms with Gasteiger partial charge in [0, 0.05) is 5.56 Å². The van der Waals surface area contributed by atoms with Gasteiger partial charge in [0.2, 0.25) is 11.0 Å². The first-order valence-corrected chi connectivity index (χ1v) is 9.96. The second-order valence-electron chi connectivity index (χ2n) is 5.72. The average molecular weight is 395 g/mol. The Kier molecular flexibility index (Phi) is 7.40. The molecule has 9 heteroatoms. The first kappa shape index (κ1) is 20.2. The highest BCUT2D eigenvalue weighted by atomic mass is 32.2. The summed E-state index contributed by atoms with van der Waals surface area (Å²) >= 11 is 2.88. The van der Waals surface area contributed by atoms with Crippen LogP contribution in [-0.2, 0) is 4.79 Å². The molecule has 2 amide bonds. The Labute approximate surface area is 160 Å². The van der Waals surface area contributed by atoms with Gasteiger partial charge in [-0.25, -0.2) is 0 Å². The summed E-state index contributed by atoms with van der Waals surface area (Å²) in [6.45, 7) is 5.77. The number of ether oxygens (including phenoxy) is 1. The van der Waals surface area contributed by atoms with Gasteiger partial charge in [-0.3, -0.25) is 14.9 Å². The van der Waals surface area contributed by atoms with Crippen LogP contribution < -0.4 is 15.4 Å². The summed E-state index contributed by atoms with van der Waals surface area (Å²) < 4.78 is 5.88. The zero-order valence-electron chi connectivity index (χ0n) is 15.1. The van der Waals surface area contributed by atoms with Gasteiger partial charge in [0.05, 0.1) is 7.11 Å². The summed E-state index contributed by atoms with van der Waals surface area (Å²) in [4.78, 5) is 25.0. The lowest BCUT2D eigenvalue weighted by molar-refractivity contribution is -0.118. The average Bonchev–Trinajstić information content (AvgIpc) is 3.06. The fraction of sp³-hybridized carbons (Fsp3) is 0.412. The molecule has 1 heterocycles. The quantitative estimate of drug-likeness (QED) is 0.528. The number of nitrogens with one attached hydrogen (secondary N) is 2. The van der Waals surface area contributed by atoms with E-state index in [1.54, 1.807) is 43.1 Å². The second-order valence-corrected chi connectivity index (χ2v) is 8.21. The molecule has 1 aromatic carbocycles. The van der Waals surface area contributed by atoms with Gasteiger partial charge in [-0.1, -0.05) is 43.9 Å². The zero-order chi connectivity index (χ0) is 19.1. The minimum Gasteiger partial charge on any atom is -0.497 e. The van der Waals surface area contributed by atoms with E-state index in [1.165, 1.54) is 11.3 Å². The van der Waals surface area contributed by atoms with E-state index < -0.39 is 6.04 Å². The number of aromatic nitrogens is 2. The van der Waals surface area contributed by atoms with Crippen LogP contribution in [0, 0.1) is 5.92 Å². The first-order valence-electron chi connectivity index (χ1n) is 8.16. The highest BCUT2D eigenvalue weighted by Gasteiger charge is 2.25. The predicted molar refractivity (Wildman–Crippen MR) is 104 cm³/mol. The van der Waals surface area contributed by atoms with Crippen molar-refractivity contribution in [3.05, 3.63) is 29.8 Å². The Hall–Kier alpha value is -2.13. The van der Waals surface area contributed by atoms with Crippen molar-refractivity contribution < 1.29 is 14.3 Å². The molecule has 0 aliphatic heterocycles. The van der Waals surface area contributed by atoms with E-state index >= 15 is 0 Å². The number of carbonyl (C=O) groups excluding carboxylic acids is 2. The molecule has 1 atom stereocenters. The Morgan fingerprint density at radius 3 is 2.50 bits per heavy atom. The van der Waals surface area contributed by atoms with Crippen molar-refractivity contribution in [2.45, 2.75) is 31.2 Å². The number of thioether (sulfide) groups is 1. The smallest absolute Gasteiger partial charge is 0.251 e. The van der Waals surface area contributed by atoms with Crippen LogP contribution in [0.1, 0.15) is 31.1 Å². The fourth-order valence-corrected chi connectivity index (χ4v) is 3.78. The molecule has 2 aromatic rings.